The van der Waals surface area contributed by atoms with E-state index in [4.69, 9.17) is 4.74 Å². The molecule has 2 rings (SSSR count). The van der Waals surface area contributed by atoms with E-state index in [-0.39, 0.29) is 18.7 Å². The number of rotatable bonds is 7. The van der Waals surface area contributed by atoms with Crippen LogP contribution < -0.4 is 10.1 Å². The minimum absolute atomic E-state index is 0.143. The van der Waals surface area contributed by atoms with Crippen molar-refractivity contribution in [2.24, 2.45) is 0 Å². The van der Waals surface area contributed by atoms with Gasteiger partial charge in [0.2, 0.25) is 0 Å². The van der Waals surface area contributed by atoms with E-state index in [9.17, 15) is 25.0 Å². The van der Waals surface area contributed by atoms with Crippen LogP contribution in [0.4, 0.5) is 11.4 Å². The maximum absolute atomic E-state index is 12.0. The van der Waals surface area contributed by atoms with Crippen molar-refractivity contribution in [3.63, 3.8) is 0 Å². The molecule has 0 fully saturated rings. The van der Waals surface area contributed by atoms with Gasteiger partial charge in [-0.3, -0.25) is 25.0 Å². The maximum Gasteiger partial charge on any atom is 0.277 e. The van der Waals surface area contributed by atoms with Gasteiger partial charge in [-0.1, -0.05) is 18.2 Å². The average molecular weight is 331 g/mol. The largest absolute Gasteiger partial charge is 0.492 e. The van der Waals surface area contributed by atoms with Gasteiger partial charge in [-0.25, -0.2) is 0 Å². The lowest BCUT2D eigenvalue weighted by atomic mass is 10.1. The quantitative estimate of drug-likeness (QED) is 0.471. The van der Waals surface area contributed by atoms with Crippen molar-refractivity contribution in [1.29, 1.82) is 0 Å². The van der Waals surface area contributed by atoms with Gasteiger partial charge < -0.3 is 10.1 Å². The number of para-hydroxylation sites is 1. The van der Waals surface area contributed by atoms with Gasteiger partial charge >= 0.3 is 0 Å². The number of amides is 1. The first-order valence-corrected chi connectivity index (χ1v) is 6.87. The second-order valence-electron chi connectivity index (χ2n) is 4.67. The van der Waals surface area contributed by atoms with Crippen molar-refractivity contribution in [2.75, 3.05) is 13.2 Å². The molecular weight excluding hydrogens is 318 g/mol. The molecule has 0 unspecified atom stereocenters. The number of ether oxygens (including phenoxy) is 1. The fourth-order valence-electron chi connectivity index (χ4n) is 1.89. The fraction of sp³-hybridized carbons (Fsp3) is 0.133. The van der Waals surface area contributed by atoms with Crippen LogP contribution in [0.25, 0.3) is 0 Å². The van der Waals surface area contributed by atoms with Crippen molar-refractivity contribution in [3.05, 3.63) is 74.3 Å². The Morgan fingerprint density at radius 1 is 1.00 bits per heavy atom. The third-order valence-electron chi connectivity index (χ3n) is 2.99. The SMILES string of the molecule is O=C(NCCOc1ccccc1)c1cc([N+](=O)[O-])cc([N+](=O)[O-])c1. The predicted molar refractivity (Wildman–Crippen MR) is 84.0 cm³/mol. The van der Waals surface area contributed by atoms with E-state index >= 15 is 0 Å². The van der Waals surface area contributed by atoms with Crippen LogP contribution in [0, 0.1) is 20.2 Å². The molecule has 1 N–H and O–H groups in total. The van der Waals surface area contributed by atoms with Crippen molar-refractivity contribution in [3.8, 4) is 5.75 Å². The van der Waals surface area contributed by atoms with Gasteiger partial charge in [0.05, 0.1) is 28.0 Å². The van der Waals surface area contributed by atoms with Crippen LogP contribution in [0.2, 0.25) is 0 Å². The second kappa shape index (κ2) is 7.68. The number of nitrogens with zero attached hydrogens (tertiary/aromatic N) is 2. The third kappa shape index (κ3) is 4.50. The molecule has 0 heterocycles. The molecule has 2 aromatic carbocycles. The molecule has 24 heavy (non-hydrogen) atoms. The molecule has 0 aliphatic carbocycles. The molecule has 0 saturated carbocycles. The second-order valence-corrected chi connectivity index (χ2v) is 4.67. The van der Waals surface area contributed by atoms with Crippen LogP contribution in [0.3, 0.4) is 0 Å². The molecule has 0 bridgehead atoms. The molecule has 2 aromatic rings. The summed E-state index contributed by atoms with van der Waals surface area (Å²) in [5, 5.41) is 24.1. The highest BCUT2D eigenvalue weighted by Crippen LogP contribution is 2.22. The highest BCUT2D eigenvalue weighted by atomic mass is 16.6. The van der Waals surface area contributed by atoms with Crippen LogP contribution in [0.5, 0.6) is 5.75 Å². The van der Waals surface area contributed by atoms with Crippen LogP contribution in [0.15, 0.2) is 48.5 Å². The van der Waals surface area contributed by atoms with Gasteiger partial charge in [0, 0.05) is 12.1 Å². The molecule has 0 aliphatic heterocycles. The number of hydrogen-bond acceptors (Lipinski definition) is 6. The Balaban J connectivity index is 1.98. The van der Waals surface area contributed by atoms with E-state index in [0.29, 0.717) is 5.75 Å². The van der Waals surface area contributed by atoms with Crippen molar-refractivity contribution in [2.45, 2.75) is 0 Å². The van der Waals surface area contributed by atoms with Crippen molar-refractivity contribution < 1.29 is 19.4 Å². The zero-order valence-corrected chi connectivity index (χ0v) is 12.4. The van der Waals surface area contributed by atoms with Gasteiger partial charge in [-0.05, 0) is 12.1 Å². The molecule has 9 heteroatoms. The molecule has 0 saturated heterocycles. The first-order valence-electron chi connectivity index (χ1n) is 6.87. The smallest absolute Gasteiger partial charge is 0.277 e. The van der Waals surface area contributed by atoms with Crippen LogP contribution in [0.1, 0.15) is 10.4 Å². The summed E-state index contributed by atoms with van der Waals surface area (Å²) in [6, 6.07) is 11.7. The Kier molecular flexibility index (Phi) is 5.40. The normalized spacial score (nSPS) is 10.0. The Labute approximate surface area is 136 Å². The van der Waals surface area contributed by atoms with E-state index in [2.05, 4.69) is 5.32 Å². The third-order valence-corrected chi connectivity index (χ3v) is 2.99. The maximum atomic E-state index is 12.0. The fourth-order valence-corrected chi connectivity index (χ4v) is 1.89. The van der Waals surface area contributed by atoms with E-state index < -0.39 is 27.1 Å². The van der Waals surface area contributed by atoms with Gasteiger partial charge in [-0.15, -0.1) is 0 Å². The first-order chi connectivity index (χ1) is 11.5. The lowest BCUT2D eigenvalue weighted by molar-refractivity contribution is -0.394. The summed E-state index contributed by atoms with van der Waals surface area (Å²) in [6.07, 6.45) is 0. The highest BCUT2D eigenvalue weighted by molar-refractivity contribution is 5.95. The van der Waals surface area contributed by atoms with Crippen molar-refractivity contribution >= 4 is 17.3 Å². The van der Waals surface area contributed by atoms with Gasteiger partial charge in [0.1, 0.15) is 12.4 Å². The summed E-state index contributed by atoms with van der Waals surface area (Å²) >= 11 is 0. The van der Waals surface area contributed by atoms with Crippen LogP contribution in [-0.2, 0) is 0 Å². The molecule has 0 atom stereocenters. The molecule has 0 aliphatic rings. The van der Waals surface area contributed by atoms with Crippen LogP contribution in [-0.4, -0.2) is 28.9 Å². The summed E-state index contributed by atoms with van der Waals surface area (Å²) in [4.78, 5) is 32.0. The number of benzene rings is 2. The number of nitro groups is 2. The number of carbonyl (C=O) groups excluding carboxylic acids is 1. The number of nitrogens with one attached hydrogen (secondary N) is 1. The van der Waals surface area contributed by atoms with Gasteiger partial charge in [-0.2, -0.15) is 0 Å². The zero-order valence-electron chi connectivity index (χ0n) is 12.4. The summed E-state index contributed by atoms with van der Waals surface area (Å²) < 4.78 is 5.38. The number of carbonyl (C=O) groups is 1. The molecule has 0 spiro atoms. The lowest BCUT2D eigenvalue weighted by Crippen LogP contribution is -2.28. The molecule has 0 aromatic heterocycles. The Hall–Kier alpha value is -3.49. The van der Waals surface area contributed by atoms with Crippen molar-refractivity contribution in [1.82, 2.24) is 5.32 Å². The average Bonchev–Trinajstić information content (AvgIpc) is 2.59. The predicted octanol–water partition coefficient (Wildman–Crippen LogP) is 2.31. The lowest BCUT2D eigenvalue weighted by Gasteiger charge is -2.07. The Bertz CT molecular complexity index is 731. The minimum Gasteiger partial charge on any atom is -0.492 e. The molecule has 9 nitrogen and oxygen atoms in total. The highest BCUT2D eigenvalue weighted by Gasteiger charge is 2.19. The van der Waals surface area contributed by atoms with Gasteiger partial charge in [0.25, 0.3) is 17.3 Å². The Morgan fingerprint density at radius 3 is 2.12 bits per heavy atom. The standard InChI is InChI=1S/C15H13N3O6/c19-15(16-6-7-24-14-4-2-1-3-5-14)11-8-12(17(20)21)10-13(9-11)18(22)23/h1-5,8-10H,6-7H2,(H,16,19). The minimum atomic E-state index is -0.789. The van der Waals surface area contributed by atoms with Gasteiger partial charge in [0.15, 0.2) is 0 Å². The molecule has 1 amide bonds. The monoisotopic (exact) mass is 331 g/mol. The number of nitro benzene ring substituents is 2. The number of hydrogen-bond donors (Lipinski definition) is 1. The van der Waals surface area contributed by atoms with Crippen LogP contribution >= 0.6 is 0 Å². The van der Waals surface area contributed by atoms with E-state index in [1.165, 1.54) is 0 Å². The zero-order chi connectivity index (χ0) is 17.5. The summed E-state index contributed by atoms with van der Waals surface area (Å²) in [5.74, 6) is -0.0174. The summed E-state index contributed by atoms with van der Waals surface area (Å²) in [6.45, 7) is 0.330. The van der Waals surface area contributed by atoms with E-state index in [1.54, 1.807) is 24.3 Å². The summed E-state index contributed by atoms with van der Waals surface area (Å²) in [5.41, 5.74) is -1.19. The Morgan fingerprint density at radius 2 is 1.58 bits per heavy atom. The van der Waals surface area contributed by atoms with E-state index in [0.717, 1.165) is 18.2 Å². The topological polar surface area (TPSA) is 125 Å². The molecular formula is C15H13N3O6. The van der Waals surface area contributed by atoms with E-state index in [1.807, 2.05) is 6.07 Å². The molecule has 0 radical (unpaired) electrons. The number of non-ortho nitro benzene ring substituents is 2. The summed E-state index contributed by atoms with van der Waals surface area (Å²) in [7, 11) is 0. The molecule has 124 valence electrons. The first kappa shape index (κ1) is 16.9.